The first-order valence-corrected chi connectivity index (χ1v) is 10.1. The average molecular weight is 404 g/mol. The van der Waals surface area contributed by atoms with E-state index in [4.69, 9.17) is 4.74 Å². The van der Waals surface area contributed by atoms with Crippen LogP contribution in [0.5, 0.6) is 0 Å². The molecule has 160 valence electrons. The molecule has 0 aliphatic carbocycles. The number of carbonyl (C=O) groups is 3. The topological polar surface area (TPSA) is 79.0 Å². The molecule has 0 bridgehead atoms. The summed E-state index contributed by atoms with van der Waals surface area (Å²) >= 11 is 0. The minimum Gasteiger partial charge on any atom is -0.444 e. The third-order valence-electron chi connectivity index (χ3n) is 4.92. The molecule has 1 aliphatic heterocycles. The number of rotatable bonds is 4. The normalized spacial score (nSPS) is 15.0. The third-order valence-corrected chi connectivity index (χ3v) is 4.92. The Kier molecular flexibility index (Phi) is 7.27. The van der Waals surface area contributed by atoms with Crippen LogP contribution in [0.15, 0.2) is 18.2 Å². The van der Waals surface area contributed by atoms with Crippen molar-refractivity contribution in [1.29, 1.82) is 0 Å². The van der Waals surface area contributed by atoms with Crippen LogP contribution in [0.3, 0.4) is 0 Å². The Morgan fingerprint density at radius 1 is 1.17 bits per heavy atom. The van der Waals surface area contributed by atoms with Crippen molar-refractivity contribution >= 4 is 23.6 Å². The molecule has 0 unspecified atom stereocenters. The van der Waals surface area contributed by atoms with Gasteiger partial charge in [-0.15, -0.1) is 0 Å². The number of ether oxygens (including phenoxy) is 1. The van der Waals surface area contributed by atoms with Crippen LogP contribution in [0.4, 0.5) is 10.5 Å². The van der Waals surface area contributed by atoms with Gasteiger partial charge in [-0.2, -0.15) is 0 Å². The van der Waals surface area contributed by atoms with E-state index in [-0.39, 0.29) is 30.4 Å². The highest BCUT2D eigenvalue weighted by molar-refractivity contribution is 5.95. The minimum atomic E-state index is -0.535. The molecule has 0 radical (unpaired) electrons. The molecule has 1 aromatic rings. The Morgan fingerprint density at radius 2 is 1.79 bits per heavy atom. The summed E-state index contributed by atoms with van der Waals surface area (Å²) in [5.74, 6) is -0.474. The fourth-order valence-electron chi connectivity index (χ4n) is 3.30. The van der Waals surface area contributed by atoms with Gasteiger partial charge in [0.2, 0.25) is 11.8 Å². The number of benzene rings is 1. The molecule has 1 saturated heterocycles. The van der Waals surface area contributed by atoms with Gasteiger partial charge in [0.15, 0.2) is 0 Å². The number of nitrogens with zero attached hydrogens (tertiary/aromatic N) is 2. The lowest BCUT2D eigenvalue weighted by atomic mass is 9.95. The van der Waals surface area contributed by atoms with Crippen LogP contribution in [0.25, 0.3) is 0 Å². The lowest BCUT2D eigenvalue weighted by molar-refractivity contribution is -0.138. The molecule has 1 aliphatic rings. The summed E-state index contributed by atoms with van der Waals surface area (Å²) in [6.07, 6.45) is 0.798. The van der Waals surface area contributed by atoms with Gasteiger partial charge in [-0.1, -0.05) is 12.1 Å². The zero-order valence-corrected chi connectivity index (χ0v) is 18.4. The fraction of sp³-hybridized carbons (Fsp3) is 0.591. The summed E-state index contributed by atoms with van der Waals surface area (Å²) in [5, 5.41) is 2.88. The Labute approximate surface area is 173 Å². The van der Waals surface area contributed by atoms with Crippen molar-refractivity contribution in [3.63, 3.8) is 0 Å². The van der Waals surface area contributed by atoms with Gasteiger partial charge in [0.25, 0.3) is 0 Å². The zero-order chi connectivity index (χ0) is 21.8. The minimum absolute atomic E-state index is 0.00149. The molecule has 1 N–H and O–H groups in total. The van der Waals surface area contributed by atoms with Crippen LogP contribution >= 0.6 is 0 Å². The van der Waals surface area contributed by atoms with Gasteiger partial charge in [0.1, 0.15) is 5.60 Å². The Hall–Kier alpha value is -2.57. The predicted octanol–water partition coefficient (Wildman–Crippen LogP) is 3.35. The van der Waals surface area contributed by atoms with Crippen molar-refractivity contribution in [2.75, 3.05) is 32.0 Å². The number of aryl methyl sites for hydroxylation is 2. The quantitative estimate of drug-likeness (QED) is 0.836. The molecule has 3 amide bonds. The Morgan fingerprint density at radius 3 is 2.38 bits per heavy atom. The molecule has 7 nitrogen and oxygen atoms in total. The average Bonchev–Trinajstić information content (AvgIpc) is 2.62. The first kappa shape index (κ1) is 22.7. The van der Waals surface area contributed by atoms with Crippen molar-refractivity contribution in [1.82, 2.24) is 9.80 Å². The highest BCUT2D eigenvalue weighted by Crippen LogP contribution is 2.21. The number of likely N-dealkylation sites (tertiary alicyclic amines) is 1. The van der Waals surface area contributed by atoms with Gasteiger partial charge in [-0.25, -0.2) is 4.79 Å². The van der Waals surface area contributed by atoms with Crippen LogP contribution in [-0.2, 0) is 14.3 Å². The summed E-state index contributed by atoms with van der Waals surface area (Å²) < 4.78 is 5.39. The molecule has 0 saturated carbocycles. The molecular weight excluding hydrogens is 370 g/mol. The molecular formula is C22H33N3O4. The molecule has 2 rings (SSSR count). The van der Waals surface area contributed by atoms with Crippen molar-refractivity contribution in [2.24, 2.45) is 5.92 Å². The van der Waals surface area contributed by atoms with Gasteiger partial charge in [-0.3, -0.25) is 9.59 Å². The number of carbonyl (C=O) groups excluding carboxylic acids is 3. The van der Waals surface area contributed by atoms with Crippen LogP contribution in [-0.4, -0.2) is 60.0 Å². The molecule has 7 heteroatoms. The van der Waals surface area contributed by atoms with Crippen molar-refractivity contribution < 1.29 is 19.1 Å². The summed E-state index contributed by atoms with van der Waals surface area (Å²) in [5.41, 5.74) is 2.27. The summed E-state index contributed by atoms with van der Waals surface area (Å²) in [6, 6.07) is 5.87. The van der Waals surface area contributed by atoms with E-state index in [0.717, 1.165) is 16.8 Å². The maximum Gasteiger partial charge on any atom is 0.410 e. The zero-order valence-electron chi connectivity index (χ0n) is 18.4. The van der Waals surface area contributed by atoms with E-state index in [1.165, 1.54) is 4.90 Å². The third kappa shape index (κ3) is 6.76. The van der Waals surface area contributed by atoms with Gasteiger partial charge < -0.3 is 19.9 Å². The number of anilines is 1. The van der Waals surface area contributed by atoms with Gasteiger partial charge in [0, 0.05) is 31.7 Å². The van der Waals surface area contributed by atoms with Crippen LogP contribution in [0.2, 0.25) is 0 Å². The standard InChI is InChI=1S/C22H33N3O4/c1-15-7-8-16(2)18(13-15)23-19(26)14-24(6)20(27)17-9-11-25(12-10-17)21(28)29-22(3,4)5/h7-8,13,17H,9-12,14H2,1-6H3,(H,23,26). The number of nitrogens with one attached hydrogen (secondary N) is 1. The van der Waals surface area contributed by atoms with Gasteiger partial charge >= 0.3 is 6.09 Å². The fourth-order valence-corrected chi connectivity index (χ4v) is 3.30. The first-order valence-electron chi connectivity index (χ1n) is 10.1. The van der Waals surface area contributed by atoms with Crippen molar-refractivity contribution in [3.05, 3.63) is 29.3 Å². The van der Waals surface area contributed by atoms with E-state index in [0.29, 0.717) is 25.9 Å². The monoisotopic (exact) mass is 403 g/mol. The Bertz CT molecular complexity index is 762. The number of amides is 3. The maximum atomic E-state index is 12.7. The molecule has 1 aromatic carbocycles. The molecule has 1 heterocycles. The summed E-state index contributed by atoms with van der Waals surface area (Å²) in [6.45, 7) is 10.4. The number of piperidine rings is 1. The Balaban J connectivity index is 1.84. The molecule has 0 atom stereocenters. The lowest BCUT2D eigenvalue weighted by Crippen LogP contribution is -2.46. The number of hydrogen-bond donors (Lipinski definition) is 1. The van der Waals surface area contributed by atoms with E-state index >= 15 is 0 Å². The predicted molar refractivity (Wildman–Crippen MR) is 113 cm³/mol. The van der Waals surface area contributed by atoms with E-state index in [2.05, 4.69) is 5.32 Å². The van der Waals surface area contributed by atoms with E-state index in [1.54, 1.807) is 11.9 Å². The number of hydrogen-bond acceptors (Lipinski definition) is 4. The van der Waals surface area contributed by atoms with Gasteiger partial charge in [-0.05, 0) is 64.7 Å². The first-order chi connectivity index (χ1) is 13.5. The second kappa shape index (κ2) is 9.29. The molecule has 1 fully saturated rings. The SMILES string of the molecule is Cc1ccc(C)c(NC(=O)CN(C)C(=O)C2CCN(C(=O)OC(C)(C)C)CC2)c1. The number of likely N-dealkylation sites (N-methyl/N-ethyl adjacent to an activating group) is 1. The summed E-state index contributed by atoms with van der Waals surface area (Å²) in [4.78, 5) is 40.4. The largest absolute Gasteiger partial charge is 0.444 e. The van der Waals surface area contributed by atoms with Gasteiger partial charge in [0.05, 0.1) is 6.54 Å². The summed E-state index contributed by atoms with van der Waals surface area (Å²) in [7, 11) is 1.64. The second-order valence-electron chi connectivity index (χ2n) is 8.80. The molecule has 0 aromatic heterocycles. The van der Waals surface area contributed by atoms with E-state index < -0.39 is 5.60 Å². The smallest absolute Gasteiger partial charge is 0.410 e. The highest BCUT2D eigenvalue weighted by Gasteiger charge is 2.31. The van der Waals surface area contributed by atoms with Crippen LogP contribution in [0.1, 0.15) is 44.7 Å². The second-order valence-corrected chi connectivity index (χ2v) is 8.80. The maximum absolute atomic E-state index is 12.7. The van der Waals surface area contributed by atoms with E-state index in [9.17, 15) is 14.4 Å². The molecule has 29 heavy (non-hydrogen) atoms. The highest BCUT2D eigenvalue weighted by atomic mass is 16.6. The van der Waals surface area contributed by atoms with Crippen LogP contribution < -0.4 is 5.32 Å². The van der Waals surface area contributed by atoms with Crippen LogP contribution in [0, 0.1) is 19.8 Å². The van der Waals surface area contributed by atoms with Crippen molar-refractivity contribution in [2.45, 2.75) is 53.1 Å². The lowest BCUT2D eigenvalue weighted by Gasteiger charge is -2.34. The molecule has 0 spiro atoms. The van der Waals surface area contributed by atoms with E-state index in [1.807, 2.05) is 52.8 Å². The van der Waals surface area contributed by atoms with Crippen molar-refractivity contribution in [3.8, 4) is 0 Å².